The van der Waals surface area contributed by atoms with Gasteiger partial charge in [0.15, 0.2) is 0 Å². The first kappa shape index (κ1) is 22.7. The topological polar surface area (TPSA) is 160 Å². The molecule has 0 amide bonds. The number of phenolic OH excluding ortho intramolecular Hbond substituents is 1. The molecule has 0 radical (unpaired) electrons. The first-order valence-electron chi connectivity index (χ1n) is 10.3. The standard InChI is InChI=1S/C21H22N8O5/c1-33-16-7-5-15(6-8-16)23-19-24-20(26-21(25-19)28-9-11-34-12-10-28)27-22-13-14-3-2-4-17(18(14)30)29(31)32/h2-8,13,30H,9-12H2,1H3,(H2,23,24,25,26,27)/b22-13+. The second kappa shape index (κ2) is 10.4. The smallest absolute Gasteiger partial charge is 0.311 e. The Labute approximate surface area is 194 Å². The van der Waals surface area contributed by atoms with Crippen LogP contribution in [0.1, 0.15) is 5.56 Å². The van der Waals surface area contributed by atoms with E-state index in [0.717, 1.165) is 11.4 Å². The Balaban J connectivity index is 1.57. The van der Waals surface area contributed by atoms with Crippen LogP contribution < -0.4 is 20.4 Å². The molecule has 1 fully saturated rings. The summed E-state index contributed by atoms with van der Waals surface area (Å²) in [5, 5.41) is 28.3. The van der Waals surface area contributed by atoms with Gasteiger partial charge in [-0.1, -0.05) is 6.07 Å². The second-order valence-corrected chi connectivity index (χ2v) is 7.08. The SMILES string of the molecule is COc1ccc(Nc2nc(N/N=C/c3cccc([N+](=O)[O-])c3O)nc(N3CCOCC3)n2)cc1. The molecule has 176 valence electrons. The highest BCUT2D eigenvalue weighted by molar-refractivity contribution is 5.85. The van der Waals surface area contributed by atoms with Gasteiger partial charge >= 0.3 is 5.69 Å². The highest BCUT2D eigenvalue weighted by Crippen LogP contribution is 2.28. The molecule has 13 nitrogen and oxygen atoms in total. The number of nitrogens with zero attached hydrogens (tertiary/aromatic N) is 6. The zero-order valence-electron chi connectivity index (χ0n) is 18.2. The highest BCUT2D eigenvalue weighted by atomic mass is 16.6. The van der Waals surface area contributed by atoms with Crippen molar-refractivity contribution < 1.29 is 19.5 Å². The van der Waals surface area contributed by atoms with Crippen LogP contribution in [-0.4, -0.2) is 64.6 Å². The summed E-state index contributed by atoms with van der Waals surface area (Å²) >= 11 is 0. The quantitative estimate of drug-likeness (QED) is 0.254. The van der Waals surface area contributed by atoms with Gasteiger partial charge < -0.3 is 24.8 Å². The lowest BCUT2D eigenvalue weighted by Crippen LogP contribution is -2.37. The number of benzene rings is 2. The fraction of sp³-hybridized carbons (Fsp3) is 0.238. The molecular formula is C21H22N8O5. The van der Waals surface area contributed by atoms with Crippen molar-refractivity contribution >= 4 is 35.4 Å². The average Bonchev–Trinajstić information content (AvgIpc) is 2.86. The fourth-order valence-electron chi connectivity index (χ4n) is 3.14. The van der Waals surface area contributed by atoms with Gasteiger partial charge in [0.1, 0.15) is 5.75 Å². The summed E-state index contributed by atoms with van der Waals surface area (Å²) in [4.78, 5) is 25.6. The van der Waals surface area contributed by atoms with Gasteiger partial charge in [-0.2, -0.15) is 20.1 Å². The molecule has 0 atom stereocenters. The number of aromatic nitrogens is 3. The van der Waals surface area contributed by atoms with Crippen molar-refractivity contribution in [2.75, 3.05) is 49.1 Å². The van der Waals surface area contributed by atoms with E-state index in [1.165, 1.54) is 24.4 Å². The Morgan fingerprint density at radius 2 is 1.88 bits per heavy atom. The molecule has 1 aliphatic heterocycles. The van der Waals surface area contributed by atoms with E-state index in [2.05, 4.69) is 30.8 Å². The van der Waals surface area contributed by atoms with E-state index >= 15 is 0 Å². The minimum atomic E-state index is -0.669. The molecule has 4 rings (SSSR count). The average molecular weight is 466 g/mol. The first-order valence-corrected chi connectivity index (χ1v) is 10.3. The Morgan fingerprint density at radius 1 is 1.15 bits per heavy atom. The molecule has 3 aromatic rings. The third-order valence-corrected chi connectivity index (χ3v) is 4.87. The van der Waals surface area contributed by atoms with E-state index in [9.17, 15) is 15.2 Å². The minimum Gasteiger partial charge on any atom is -0.502 e. The first-order chi connectivity index (χ1) is 16.5. The number of phenols is 1. The summed E-state index contributed by atoms with van der Waals surface area (Å²) < 4.78 is 10.6. The number of nitrogens with one attached hydrogen (secondary N) is 2. The molecule has 1 aliphatic rings. The molecule has 0 saturated carbocycles. The number of methoxy groups -OCH3 is 1. The summed E-state index contributed by atoms with van der Waals surface area (Å²) in [6.07, 6.45) is 1.25. The summed E-state index contributed by atoms with van der Waals surface area (Å²) in [5.74, 6) is 1.11. The fourth-order valence-corrected chi connectivity index (χ4v) is 3.14. The number of aromatic hydroxyl groups is 1. The van der Waals surface area contributed by atoms with E-state index in [1.54, 1.807) is 19.2 Å². The van der Waals surface area contributed by atoms with Gasteiger partial charge in [0, 0.05) is 30.4 Å². The van der Waals surface area contributed by atoms with E-state index in [4.69, 9.17) is 9.47 Å². The van der Waals surface area contributed by atoms with Gasteiger partial charge in [-0.3, -0.25) is 10.1 Å². The summed E-state index contributed by atoms with van der Waals surface area (Å²) in [7, 11) is 1.59. The number of anilines is 4. The number of hydrogen-bond donors (Lipinski definition) is 3. The minimum absolute atomic E-state index is 0.147. The number of ether oxygens (including phenoxy) is 2. The summed E-state index contributed by atoms with van der Waals surface area (Å²) in [6, 6.07) is 11.4. The van der Waals surface area contributed by atoms with Crippen LogP contribution in [0.4, 0.5) is 29.2 Å². The van der Waals surface area contributed by atoms with Gasteiger partial charge in [-0.05, 0) is 30.3 Å². The molecule has 0 unspecified atom stereocenters. The number of hydrogen-bond acceptors (Lipinski definition) is 12. The molecule has 2 aromatic carbocycles. The van der Waals surface area contributed by atoms with Crippen LogP contribution >= 0.6 is 0 Å². The highest BCUT2D eigenvalue weighted by Gasteiger charge is 2.17. The van der Waals surface area contributed by atoms with Crippen LogP contribution in [-0.2, 0) is 4.74 Å². The number of para-hydroxylation sites is 1. The monoisotopic (exact) mass is 466 g/mol. The zero-order chi connectivity index (χ0) is 23.9. The molecule has 3 N–H and O–H groups in total. The normalized spacial score (nSPS) is 13.6. The van der Waals surface area contributed by atoms with Crippen molar-refractivity contribution in [3.8, 4) is 11.5 Å². The number of nitro benzene ring substituents is 1. The maximum Gasteiger partial charge on any atom is 0.311 e. The Morgan fingerprint density at radius 3 is 2.59 bits per heavy atom. The van der Waals surface area contributed by atoms with Crippen LogP contribution in [0.3, 0.4) is 0 Å². The third kappa shape index (κ3) is 5.45. The van der Waals surface area contributed by atoms with Gasteiger partial charge in [0.2, 0.25) is 23.6 Å². The van der Waals surface area contributed by atoms with E-state index in [1.807, 2.05) is 17.0 Å². The van der Waals surface area contributed by atoms with Gasteiger partial charge in [-0.25, -0.2) is 5.43 Å². The Bertz CT molecular complexity index is 1180. The molecule has 13 heteroatoms. The Hall–Kier alpha value is -4.52. The molecule has 0 bridgehead atoms. The van der Waals surface area contributed by atoms with Crippen LogP contribution in [0.5, 0.6) is 11.5 Å². The number of nitro groups is 1. The molecule has 1 aromatic heterocycles. The third-order valence-electron chi connectivity index (χ3n) is 4.87. The van der Waals surface area contributed by atoms with Crippen LogP contribution in [0.2, 0.25) is 0 Å². The van der Waals surface area contributed by atoms with Crippen molar-refractivity contribution in [3.63, 3.8) is 0 Å². The zero-order valence-corrected chi connectivity index (χ0v) is 18.2. The maximum absolute atomic E-state index is 11.0. The molecule has 0 spiro atoms. The Kier molecular flexibility index (Phi) is 6.93. The maximum atomic E-state index is 11.0. The molecule has 34 heavy (non-hydrogen) atoms. The summed E-state index contributed by atoms with van der Waals surface area (Å²) in [5.41, 5.74) is 3.20. The van der Waals surface area contributed by atoms with E-state index < -0.39 is 16.4 Å². The number of rotatable bonds is 8. The van der Waals surface area contributed by atoms with Crippen molar-refractivity contribution in [1.29, 1.82) is 0 Å². The van der Waals surface area contributed by atoms with Crippen molar-refractivity contribution in [3.05, 3.63) is 58.1 Å². The number of morpholine rings is 1. The van der Waals surface area contributed by atoms with Gasteiger partial charge in [-0.15, -0.1) is 0 Å². The molecule has 1 saturated heterocycles. The lowest BCUT2D eigenvalue weighted by atomic mass is 10.2. The molecule has 0 aliphatic carbocycles. The van der Waals surface area contributed by atoms with Crippen molar-refractivity contribution in [1.82, 2.24) is 15.0 Å². The molecular weight excluding hydrogens is 444 g/mol. The predicted molar refractivity (Wildman–Crippen MR) is 125 cm³/mol. The predicted octanol–water partition coefficient (Wildman–Crippen LogP) is 2.52. The molecule has 2 heterocycles. The number of hydrazone groups is 1. The van der Waals surface area contributed by atoms with Gasteiger partial charge in [0.05, 0.1) is 31.5 Å². The van der Waals surface area contributed by atoms with Crippen molar-refractivity contribution in [2.45, 2.75) is 0 Å². The lowest BCUT2D eigenvalue weighted by molar-refractivity contribution is -0.385. The van der Waals surface area contributed by atoms with Crippen LogP contribution in [0.25, 0.3) is 0 Å². The van der Waals surface area contributed by atoms with Gasteiger partial charge in [0.25, 0.3) is 0 Å². The second-order valence-electron chi connectivity index (χ2n) is 7.08. The largest absolute Gasteiger partial charge is 0.502 e. The van der Waals surface area contributed by atoms with Crippen molar-refractivity contribution in [2.24, 2.45) is 5.10 Å². The lowest BCUT2D eigenvalue weighted by Gasteiger charge is -2.27. The van der Waals surface area contributed by atoms with Crippen LogP contribution in [0.15, 0.2) is 47.6 Å². The van der Waals surface area contributed by atoms with Crippen LogP contribution in [0, 0.1) is 10.1 Å². The van der Waals surface area contributed by atoms with E-state index in [-0.39, 0.29) is 17.5 Å². The van der Waals surface area contributed by atoms with E-state index in [0.29, 0.717) is 32.3 Å². The summed E-state index contributed by atoms with van der Waals surface area (Å²) in [6.45, 7) is 2.35.